The van der Waals surface area contributed by atoms with Crippen molar-refractivity contribution >= 4 is 33.2 Å². The number of rotatable bonds is 9. The van der Waals surface area contributed by atoms with Gasteiger partial charge in [0.25, 0.3) is 0 Å². The van der Waals surface area contributed by atoms with Crippen LogP contribution in [0.1, 0.15) is 88.0 Å². The van der Waals surface area contributed by atoms with Gasteiger partial charge in [0.05, 0.1) is 35.9 Å². The number of anilines is 2. The smallest absolute Gasteiger partial charge is 0.461 e. The molecule has 4 aliphatic heterocycles. The highest BCUT2D eigenvalue weighted by atomic mass is 19.1. The van der Waals surface area contributed by atoms with E-state index in [4.69, 9.17) is 40.7 Å². The molecule has 11 nitrogen and oxygen atoms in total. The molecule has 306 valence electrons. The summed E-state index contributed by atoms with van der Waals surface area (Å²) in [6.07, 6.45) is 14.5. The molecule has 0 radical (unpaired) electrons. The van der Waals surface area contributed by atoms with Gasteiger partial charge in [0.2, 0.25) is 0 Å². The SMILES string of the molecule is C#Cc1c(F)ccc2cc(N)cc(-c3nc4c5c(nc(OCC67CCCN6CCC7)nc5c3F)N3C[C@@H](CC)N(Cc5oc(=O)oc5CCC)CC3CCC4)c12.CF. The first-order valence-electron chi connectivity index (χ1n) is 20.5. The van der Waals surface area contributed by atoms with Gasteiger partial charge in [0.1, 0.15) is 29.5 Å². The van der Waals surface area contributed by atoms with E-state index in [9.17, 15) is 9.18 Å². The van der Waals surface area contributed by atoms with Gasteiger partial charge in [0, 0.05) is 48.2 Å². The van der Waals surface area contributed by atoms with Gasteiger partial charge in [0.15, 0.2) is 17.3 Å². The van der Waals surface area contributed by atoms with Gasteiger partial charge in [-0.25, -0.2) is 18.6 Å². The first-order chi connectivity index (χ1) is 28.2. The van der Waals surface area contributed by atoms with Crippen LogP contribution in [0, 0.1) is 24.0 Å². The molecule has 0 bridgehead atoms. The van der Waals surface area contributed by atoms with E-state index in [-0.39, 0.29) is 40.4 Å². The molecule has 0 spiro atoms. The number of terminal acetylenes is 1. The summed E-state index contributed by atoms with van der Waals surface area (Å²) in [6.45, 7) is 8.42. The molecular formula is C44H50F3N7O4. The third kappa shape index (κ3) is 6.96. The van der Waals surface area contributed by atoms with Crippen LogP contribution in [0.2, 0.25) is 0 Å². The Balaban J connectivity index is 0.00000231. The van der Waals surface area contributed by atoms with Crippen molar-refractivity contribution in [2.75, 3.05) is 50.6 Å². The molecule has 5 aromatic rings. The zero-order chi connectivity index (χ0) is 40.7. The molecule has 2 N–H and O–H groups in total. The van der Waals surface area contributed by atoms with Gasteiger partial charge < -0.3 is 24.2 Å². The lowest BCUT2D eigenvalue weighted by Crippen LogP contribution is -2.58. The molecular weight excluding hydrogens is 748 g/mol. The van der Waals surface area contributed by atoms with Crippen molar-refractivity contribution in [1.82, 2.24) is 24.8 Å². The van der Waals surface area contributed by atoms with Gasteiger partial charge in [-0.15, -0.1) is 6.42 Å². The van der Waals surface area contributed by atoms with E-state index in [1.807, 2.05) is 6.92 Å². The van der Waals surface area contributed by atoms with Crippen LogP contribution in [-0.2, 0) is 19.4 Å². The molecule has 1 unspecified atom stereocenters. The summed E-state index contributed by atoms with van der Waals surface area (Å²) < 4.78 is 59.8. The quantitative estimate of drug-likeness (QED) is 0.117. The molecule has 7 heterocycles. The lowest BCUT2D eigenvalue weighted by molar-refractivity contribution is 0.107. The minimum Gasteiger partial charge on any atom is -0.461 e. The number of aryl methyl sites for hydroxylation is 2. The standard InChI is InChI=1S/C43H47F2N7O4.CH3F/c1-4-10-33-34(56-42(53)55-33)23-50-21-28-11-7-12-32-36-39(37(45)38(47-32)30-20-26(46)19-25-13-14-31(44)29(6-3)35(25)30)48-41(49-40(36)52(28)22-27(50)5-2)54-24-43-15-8-17-51(43)18-9-16-43;1-2/h3,13-14,19-20,27-28H,4-5,7-12,15-18,21-24,46H2,1-2H3;1H3/t27-,28?;/m1./s1. The molecule has 2 aromatic carbocycles. The summed E-state index contributed by atoms with van der Waals surface area (Å²) in [5.74, 6) is 2.33. The Bertz CT molecular complexity index is 2430. The number of hydrogen-bond donors (Lipinski definition) is 1. The van der Waals surface area contributed by atoms with Crippen LogP contribution < -0.4 is 21.2 Å². The number of fused-ring (bicyclic) bond motifs is 4. The van der Waals surface area contributed by atoms with E-state index in [1.54, 1.807) is 18.2 Å². The molecule has 0 amide bonds. The van der Waals surface area contributed by atoms with Crippen LogP contribution in [0.3, 0.4) is 0 Å². The Hall–Kier alpha value is -5.13. The highest BCUT2D eigenvalue weighted by Crippen LogP contribution is 2.43. The lowest BCUT2D eigenvalue weighted by atomic mass is 9.93. The van der Waals surface area contributed by atoms with Crippen molar-refractivity contribution in [3.8, 4) is 29.6 Å². The number of nitrogens with two attached hydrogens (primary N) is 1. The van der Waals surface area contributed by atoms with Crippen LogP contribution in [0.5, 0.6) is 6.01 Å². The number of piperazine rings is 1. The maximum Gasteiger partial charge on any atom is 0.519 e. The van der Waals surface area contributed by atoms with Gasteiger partial charge >= 0.3 is 11.8 Å². The molecule has 3 aromatic heterocycles. The fourth-order valence-electron chi connectivity index (χ4n) is 9.95. The van der Waals surface area contributed by atoms with E-state index >= 15 is 8.78 Å². The van der Waals surface area contributed by atoms with Crippen LogP contribution in [0.15, 0.2) is 37.9 Å². The van der Waals surface area contributed by atoms with E-state index in [0.29, 0.717) is 96.7 Å². The fraction of sp³-hybridized carbons (Fsp3) is 0.500. The van der Waals surface area contributed by atoms with Crippen LogP contribution in [-0.4, -0.2) is 82.3 Å². The Morgan fingerprint density at radius 1 is 1.02 bits per heavy atom. The Morgan fingerprint density at radius 3 is 2.53 bits per heavy atom. The second kappa shape index (κ2) is 16.3. The van der Waals surface area contributed by atoms with Crippen LogP contribution >= 0.6 is 0 Å². The predicted octanol–water partition coefficient (Wildman–Crippen LogP) is 7.58. The van der Waals surface area contributed by atoms with Gasteiger partial charge in [-0.05, 0) is 94.5 Å². The second-order valence-electron chi connectivity index (χ2n) is 16.0. The molecule has 0 aliphatic carbocycles. The minimum absolute atomic E-state index is 0.0109. The third-order valence-corrected chi connectivity index (χ3v) is 12.6. The molecule has 9 rings (SSSR count). The molecule has 14 heteroatoms. The number of benzene rings is 2. The predicted molar refractivity (Wildman–Crippen MR) is 218 cm³/mol. The summed E-state index contributed by atoms with van der Waals surface area (Å²) in [6, 6.07) is 6.41. The molecule has 3 saturated heterocycles. The highest BCUT2D eigenvalue weighted by Gasteiger charge is 2.45. The maximum atomic E-state index is 17.5. The summed E-state index contributed by atoms with van der Waals surface area (Å²) >= 11 is 0. The Labute approximate surface area is 335 Å². The Kier molecular flexibility index (Phi) is 11.1. The minimum atomic E-state index is -0.674. The largest absolute Gasteiger partial charge is 0.519 e. The van der Waals surface area contributed by atoms with E-state index < -0.39 is 17.5 Å². The van der Waals surface area contributed by atoms with Crippen molar-refractivity contribution in [2.24, 2.45) is 0 Å². The lowest BCUT2D eigenvalue weighted by Gasteiger charge is -2.47. The number of nitrogen functional groups attached to an aromatic ring is 1. The summed E-state index contributed by atoms with van der Waals surface area (Å²) in [5, 5.41) is 1.51. The second-order valence-corrected chi connectivity index (χ2v) is 16.0. The average Bonchev–Trinajstić information content (AvgIpc) is 3.91. The molecule has 0 saturated carbocycles. The first kappa shape index (κ1) is 39.7. The molecule has 58 heavy (non-hydrogen) atoms. The van der Waals surface area contributed by atoms with Crippen molar-refractivity contribution in [3.05, 3.63) is 69.3 Å². The normalized spacial score (nSPS) is 20.3. The number of aromatic nitrogens is 3. The molecule has 3 fully saturated rings. The van der Waals surface area contributed by atoms with Crippen molar-refractivity contribution in [3.63, 3.8) is 0 Å². The van der Waals surface area contributed by atoms with Gasteiger partial charge in [-0.1, -0.05) is 25.8 Å². The Morgan fingerprint density at radius 2 is 1.79 bits per heavy atom. The van der Waals surface area contributed by atoms with Gasteiger partial charge in [-0.3, -0.25) is 14.2 Å². The summed E-state index contributed by atoms with van der Waals surface area (Å²) in [5.41, 5.74) is 7.77. The van der Waals surface area contributed by atoms with Crippen molar-refractivity contribution in [1.29, 1.82) is 0 Å². The van der Waals surface area contributed by atoms with Crippen molar-refractivity contribution < 1.29 is 26.7 Å². The first-order valence-corrected chi connectivity index (χ1v) is 20.5. The number of ether oxygens (including phenoxy) is 1. The molecule has 4 aliphatic rings. The number of halogens is 3. The summed E-state index contributed by atoms with van der Waals surface area (Å²) in [4.78, 5) is 34.3. The zero-order valence-corrected chi connectivity index (χ0v) is 33.4. The fourth-order valence-corrected chi connectivity index (χ4v) is 9.95. The van der Waals surface area contributed by atoms with E-state index in [1.165, 1.54) is 6.07 Å². The van der Waals surface area contributed by atoms with E-state index in [2.05, 4.69) is 27.5 Å². The highest BCUT2D eigenvalue weighted by molar-refractivity contribution is 6.04. The van der Waals surface area contributed by atoms with Crippen LogP contribution in [0.25, 0.3) is 32.9 Å². The topological polar surface area (TPSA) is 127 Å². The number of nitrogens with zero attached hydrogens (tertiary/aromatic N) is 6. The number of alkyl halides is 1. The molecule has 2 atom stereocenters. The zero-order valence-electron chi connectivity index (χ0n) is 33.4. The maximum absolute atomic E-state index is 17.5. The van der Waals surface area contributed by atoms with E-state index in [0.717, 1.165) is 64.5 Å². The monoisotopic (exact) mass is 797 g/mol. The summed E-state index contributed by atoms with van der Waals surface area (Å²) in [7, 11) is 0.500. The van der Waals surface area contributed by atoms with Gasteiger partial charge in [-0.2, -0.15) is 9.97 Å². The average molecular weight is 798 g/mol. The number of pyridine rings is 1. The number of hydrogen-bond acceptors (Lipinski definition) is 11. The third-order valence-electron chi connectivity index (χ3n) is 12.6. The van der Waals surface area contributed by atoms with Crippen molar-refractivity contribution in [2.45, 2.75) is 102 Å². The van der Waals surface area contributed by atoms with Crippen LogP contribution in [0.4, 0.5) is 24.7 Å².